The van der Waals surface area contributed by atoms with Gasteiger partial charge in [-0.2, -0.15) is 0 Å². The van der Waals surface area contributed by atoms with E-state index in [1.165, 1.54) is 12.1 Å². The van der Waals surface area contributed by atoms with E-state index in [0.717, 1.165) is 20.7 Å². The van der Waals surface area contributed by atoms with Crippen LogP contribution in [0.1, 0.15) is 12.0 Å². The molecule has 1 N–H and O–H groups in total. The van der Waals surface area contributed by atoms with E-state index >= 15 is 0 Å². The zero-order valence-electron chi connectivity index (χ0n) is 12.0. The average Bonchev–Trinajstić information content (AvgIpc) is 2.51. The molecule has 0 spiro atoms. The topological polar surface area (TPSA) is 29.1 Å². The molecule has 0 heterocycles. The summed E-state index contributed by atoms with van der Waals surface area (Å²) in [5.74, 6) is 0.545. The first-order chi connectivity index (χ1) is 10.6. The molecule has 0 radical (unpaired) electrons. The number of nitrogens with one attached hydrogen (secondary N) is 1. The number of thioether (sulfide) groups is 1. The van der Waals surface area contributed by atoms with Crippen molar-refractivity contribution >= 4 is 33.6 Å². The van der Waals surface area contributed by atoms with Crippen LogP contribution in [0.3, 0.4) is 0 Å². The second-order valence-corrected chi connectivity index (χ2v) is 6.75. The summed E-state index contributed by atoms with van der Waals surface area (Å²) in [5, 5.41) is 2.89. The summed E-state index contributed by atoms with van der Waals surface area (Å²) < 4.78 is 13.8. The molecule has 2 rings (SSSR count). The predicted molar refractivity (Wildman–Crippen MR) is 92.6 cm³/mol. The van der Waals surface area contributed by atoms with Gasteiger partial charge in [-0.05, 0) is 52.2 Å². The maximum atomic E-state index is 12.8. The van der Waals surface area contributed by atoms with Crippen LogP contribution < -0.4 is 5.32 Å². The molecule has 2 nitrogen and oxygen atoms in total. The highest BCUT2D eigenvalue weighted by atomic mass is 79.9. The van der Waals surface area contributed by atoms with E-state index in [4.69, 9.17) is 0 Å². The smallest absolute Gasteiger partial charge is 0.220 e. The van der Waals surface area contributed by atoms with Crippen molar-refractivity contribution in [1.82, 2.24) is 5.32 Å². The molecule has 0 aliphatic heterocycles. The van der Waals surface area contributed by atoms with E-state index in [1.807, 2.05) is 24.3 Å². The molecule has 2 aromatic carbocycles. The molecule has 0 fully saturated rings. The molecule has 0 saturated heterocycles. The minimum atomic E-state index is -0.239. The van der Waals surface area contributed by atoms with Crippen molar-refractivity contribution in [1.29, 1.82) is 0 Å². The minimum absolute atomic E-state index is 0.0432. The summed E-state index contributed by atoms with van der Waals surface area (Å²) in [7, 11) is 0. The first-order valence-electron chi connectivity index (χ1n) is 7.03. The molecule has 0 aliphatic rings. The van der Waals surface area contributed by atoms with Crippen molar-refractivity contribution in [3.8, 4) is 0 Å². The minimum Gasteiger partial charge on any atom is -0.356 e. The summed E-state index contributed by atoms with van der Waals surface area (Å²) in [5.41, 5.74) is 1.02. The SMILES string of the molecule is O=C(CCSc1ccccc1Br)NCCc1ccc(F)cc1. The largest absolute Gasteiger partial charge is 0.356 e. The van der Waals surface area contributed by atoms with E-state index in [0.29, 0.717) is 19.4 Å². The lowest BCUT2D eigenvalue weighted by Gasteiger charge is -2.06. The van der Waals surface area contributed by atoms with Crippen LogP contribution in [-0.2, 0) is 11.2 Å². The number of amides is 1. The number of carbonyl (C=O) groups is 1. The van der Waals surface area contributed by atoms with Crippen LogP contribution in [0.2, 0.25) is 0 Å². The highest BCUT2D eigenvalue weighted by Crippen LogP contribution is 2.27. The average molecular weight is 382 g/mol. The molecule has 1 amide bonds. The Morgan fingerprint density at radius 2 is 1.86 bits per heavy atom. The zero-order valence-corrected chi connectivity index (χ0v) is 14.4. The van der Waals surface area contributed by atoms with Gasteiger partial charge in [-0.25, -0.2) is 4.39 Å². The second kappa shape index (κ2) is 8.96. The van der Waals surface area contributed by atoms with Crippen LogP contribution in [0.5, 0.6) is 0 Å². The van der Waals surface area contributed by atoms with Crippen LogP contribution in [0.25, 0.3) is 0 Å². The molecule has 0 unspecified atom stereocenters. The van der Waals surface area contributed by atoms with Gasteiger partial charge < -0.3 is 5.32 Å². The molecule has 2 aromatic rings. The summed E-state index contributed by atoms with van der Waals surface area (Å²) >= 11 is 5.15. The maximum Gasteiger partial charge on any atom is 0.220 e. The van der Waals surface area contributed by atoms with Gasteiger partial charge in [-0.15, -0.1) is 11.8 Å². The summed E-state index contributed by atoms with van der Waals surface area (Å²) in [6.45, 7) is 0.574. The Kier molecular flexibility index (Phi) is 6.93. The number of hydrogen-bond acceptors (Lipinski definition) is 2. The number of hydrogen-bond donors (Lipinski definition) is 1. The first kappa shape index (κ1) is 17.0. The van der Waals surface area contributed by atoms with Crippen LogP contribution in [0.15, 0.2) is 57.9 Å². The Balaban J connectivity index is 1.64. The first-order valence-corrected chi connectivity index (χ1v) is 8.81. The molecule has 0 aromatic heterocycles. The lowest BCUT2D eigenvalue weighted by Crippen LogP contribution is -2.25. The molecule has 0 bridgehead atoms. The van der Waals surface area contributed by atoms with Crippen LogP contribution in [0, 0.1) is 5.82 Å². The monoisotopic (exact) mass is 381 g/mol. The number of carbonyl (C=O) groups excluding carboxylic acids is 1. The Morgan fingerprint density at radius 1 is 1.14 bits per heavy atom. The Bertz CT molecular complexity index is 618. The third kappa shape index (κ3) is 5.81. The van der Waals surface area contributed by atoms with Crippen LogP contribution in [-0.4, -0.2) is 18.2 Å². The van der Waals surface area contributed by atoms with Gasteiger partial charge in [-0.1, -0.05) is 24.3 Å². The van der Waals surface area contributed by atoms with Crippen molar-refractivity contribution in [2.45, 2.75) is 17.7 Å². The van der Waals surface area contributed by atoms with E-state index in [1.54, 1.807) is 23.9 Å². The van der Waals surface area contributed by atoms with Crippen molar-refractivity contribution in [3.05, 3.63) is 64.4 Å². The molecular weight excluding hydrogens is 365 g/mol. The fourth-order valence-corrected chi connectivity index (χ4v) is 3.42. The molecule has 0 aliphatic carbocycles. The van der Waals surface area contributed by atoms with Gasteiger partial charge in [0.1, 0.15) is 5.82 Å². The van der Waals surface area contributed by atoms with Gasteiger partial charge in [0.15, 0.2) is 0 Å². The Morgan fingerprint density at radius 3 is 2.59 bits per heavy atom. The molecule has 5 heteroatoms. The van der Waals surface area contributed by atoms with E-state index < -0.39 is 0 Å². The number of benzene rings is 2. The second-order valence-electron chi connectivity index (χ2n) is 4.76. The van der Waals surface area contributed by atoms with Crippen molar-refractivity contribution in [2.75, 3.05) is 12.3 Å². The standard InChI is InChI=1S/C17H17BrFNOS/c18-15-3-1-2-4-16(15)22-12-10-17(21)20-11-9-13-5-7-14(19)8-6-13/h1-8H,9-12H2,(H,20,21). The Labute approximate surface area is 142 Å². The summed E-state index contributed by atoms with van der Waals surface area (Å²) in [6, 6.07) is 14.3. The van der Waals surface area contributed by atoms with Gasteiger partial charge in [0.05, 0.1) is 0 Å². The fourth-order valence-electron chi connectivity index (χ4n) is 1.90. The van der Waals surface area contributed by atoms with Gasteiger partial charge >= 0.3 is 0 Å². The van der Waals surface area contributed by atoms with Gasteiger partial charge in [0.2, 0.25) is 5.91 Å². The van der Waals surface area contributed by atoms with Crippen LogP contribution >= 0.6 is 27.7 Å². The fraction of sp³-hybridized carbons (Fsp3) is 0.235. The normalized spacial score (nSPS) is 10.5. The van der Waals surface area contributed by atoms with Crippen molar-refractivity contribution in [2.24, 2.45) is 0 Å². The Hall–Kier alpha value is -1.33. The number of rotatable bonds is 7. The quantitative estimate of drug-likeness (QED) is 0.718. The summed E-state index contributed by atoms with van der Waals surface area (Å²) in [6.07, 6.45) is 1.19. The lowest BCUT2D eigenvalue weighted by molar-refractivity contribution is -0.120. The molecular formula is C17H17BrFNOS. The molecule has 0 atom stereocenters. The van der Waals surface area contributed by atoms with E-state index in [9.17, 15) is 9.18 Å². The van der Waals surface area contributed by atoms with Gasteiger partial charge in [0.25, 0.3) is 0 Å². The van der Waals surface area contributed by atoms with Gasteiger partial charge in [0, 0.05) is 28.1 Å². The number of halogens is 2. The molecule has 22 heavy (non-hydrogen) atoms. The highest BCUT2D eigenvalue weighted by Gasteiger charge is 2.04. The van der Waals surface area contributed by atoms with Crippen molar-refractivity contribution in [3.63, 3.8) is 0 Å². The van der Waals surface area contributed by atoms with Gasteiger partial charge in [-0.3, -0.25) is 4.79 Å². The molecule has 116 valence electrons. The highest BCUT2D eigenvalue weighted by molar-refractivity contribution is 9.10. The van der Waals surface area contributed by atoms with E-state index in [2.05, 4.69) is 21.2 Å². The van der Waals surface area contributed by atoms with Crippen LogP contribution in [0.4, 0.5) is 4.39 Å². The lowest BCUT2D eigenvalue weighted by atomic mass is 10.1. The third-order valence-corrected chi connectivity index (χ3v) is 5.10. The maximum absolute atomic E-state index is 12.8. The third-order valence-electron chi connectivity index (χ3n) is 3.07. The summed E-state index contributed by atoms with van der Waals surface area (Å²) in [4.78, 5) is 12.9. The van der Waals surface area contributed by atoms with Crippen molar-refractivity contribution < 1.29 is 9.18 Å². The zero-order chi connectivity index (χ0) is 15.8. The van der Waals surface area contributed by atoms with E-state index in [-0.39, 0.29) is 11.7 Å². The predicted octanol–water partition coefficient (Wildman–Crippen LogP) is 4.43. The molecule has 0 saturated carbocycles.